The van der Waals surface area contributed by atoms with E-state index in [9.17, 15) is 19.5 Å². The summed E-state index contributed by atoms with van der Waals surface area (Å²) in [4.78, 5) is 36.8. The van der Waals surface area contributed by atoms with Crippen LogP contribution in [0.15, 0.2) is 72.8 Å². The number of ether oxygens (including phenoxy) is 1. The molecule has 4 rings (SSSR count). The molecule has 1 atom stereocenters. The van der Waals surface area contributed by atoms with Gasteiger partial charge in [-0.3, -0.25) is 4.79 Å². The highest BCUT2D eigenvalue weighted by Crippen LogP contribution is 2.44. The lowest BCUT2D eigenvalue weighted by Crippen LogP contribution is -2.44. The highest BCUT2D eigenvalue weighted by atomic mass is 16.5. The molecule has 3 aromatic rings. The second-order valence-electron chi connectivity index (χ2n) is 8.54. The number of hydrogen-bond donors (Lipinski definition) is 3. The third kappa shape index (κ3) is 5.51. The molecule has 7 heteroatoms. The van der Waals surface area contributed by atoms with E-state index >= 15 is 0 Å². The van der Waals surface area contributed by atoms with Crippen LogP contribution in [0.5, 0.6) is 0 Å². The van der Waals surface area contributed by atoms with Gasteiger partial charge in [0.15, 0.2) is 0 Å². The molecule has 180 valence electrons. The van der Waals surface area contributed by atoms with Crippen LogP contribution in [0.3, 0.4) is 0 Å². The summed E-state index contributed by atoms with van der Waals surface area (Å²) >= 11 is 0. The minimum Gasteiger partial charge on any atom is -0.478 e. The predicted octanol–water partition coefficient (Wildman–Crippen LogP) is 5.42. The van der Waals surface area contributed by atoms with Crippen molar-refractivity contribution in [2.75, 3.05) is 11.9 Å². The zero-order chi connectivity index (χ0) is 24.8. The third-order valence-corrected chi connectivity index (χ3v) is 6.18. The minimum atomic E-state index is -1.08. The van der Waals surface area contributed by atoms with E-state index in [1.165, 1.54) is 12.1 Å². The summed E-state index contributed by atoms with van der Waals surface area (Å²) in [5.74, 6) is -1.58. The molecule has 0 heterocycles. The molecule has 7 nitrogen and oxygen atoms in total. The molecule has 0 bridgehead atoms. The van der Waals surface area contributed by atoms with Crippen molar-refractivity contribution in [2.24, 2.45) is 0 Å². The first kappa shape index (κ1) is 24.0. The van der Waals surface area contributed by atoms with Crippen molar-refractivity contribution in [3.63, 3.8) is 0 Å². The predicted molar refractivity (Wildman–Crippen MR) is 134 cm³/mol. The van der Waals surface area contributed by atoms with Crippen LogP contribution in [0.2, 0.25) is 0 Å². The smallest absolute Gasteiger partial charge is 0.407 e. The van der Waals surface area contributed by atoms with Crippen molar-refractivity contribution in [3.05, 3.63) is 89.5 Å². The van der Waals surface area contributed by atoms with Gasteiger partial charge in [-0.1, -0.05) is 74.4 Å². The number of carboxylic acid groups (broad SMARTS) is 1. The Morgan fingerprint density at radius 2 is 1.60 bits per heavy atom. The number of hydrogen-bond acceptors (Lipinski definition) is 4. The summed E-state index contributed by atoms with van der Waals surface area (Å²) in [5, 5.41) is 14.6. The number of aromatic carboxylic acids is 1. The fraction of sp³-hybridized carbons (Fsp3) is 0.250. The maximum atomic E-state index is 12.9. The van der Waals surface area contributed by atoms with Crippen LogP contribution >= 0.6 is 0 Å². The Balaban J connectivity index is 1.41. The molecule has 1 unspecified atom stereocenters. The van der Waals surface area contributed by atoms with Gasteiger partial charge < -0.3 is 20.5 Å². The van der Waals surface area contributed by atoms with Crippen molar-refractivity contribution in [3.8, 4) is 11.1 Å². The zero-order valence-corrected chi connectivity index (χ0v) is 19.5. The maximum Gasteiger partial charge on any atom is 0.407 e. The number of amides is 2. The number of fused-ring (bicyclic) bond motifs is 3. The zero-order valence-electron chi connectivity index (χ0n) is 19.5. The van der Waals surface area contributed by atoms with Gasteiger partial charge in [-0.05, 0) is 46.9 Å². The van der Waals surface area contributed by atoms with E-state index in [0.717, 1.165) is 35.1 Å². The number of alkyl carbamates (subject to hydrolysis) is 1. The van der Waals surface area contributed by atoms with Crippen LogP contribution in [-0.2, 0) is 9.53 Å². The van der Waals surface area contributed by atoms with E-state index in [0.29, 0.717) is 12.1 Å². The summed E-state index contributed by atoms with van der Waals surface area (Å²) in [6.07, 6.45) is 1.36. The van der Waals surface area contributed by atoms with Gasteiger partial charge in [-0.25, -0.2) is 9.59 Å². The lowest BCUT2D eigenvalue weighted by molar-refractivity contribution is -0.118. The third-order valence-electron chi connectivity index (χ3n) is 6.18. The van der Waals surface area contributed by atoms with Crippen LogP contribution < -0.4 is 10.6 Å². The Hall–Kier alpha value is -4.13. The summed E-state index contributed by atoms with van der Waals surface area (Å²) in [6, 6.07) is 21.3. The molecule has 0 spiro atoms. The van der Waals surface area contributed by atoms with Crippen LogP contribution in [-0.4, -0.2) is 35.7 Å². The van der Waals surface area contributed by atoms with E-state index in [4.69, 9.17) is 4.74 Å². The fourth-order valence-electron chi connectivity index (χ4n) is 4.42. The molecule has 3 aromatic carbocycles. The summed E-state index contributed by atoms with van der Waals surface area (Å²) < 4.78 is 5.59. The van der Waals surface area contributed by atoms with Crippen molar-refractivity contribution in [1.82, 2.24) is 5.32 Å². The molecule has 2 amide bonds. The SMILES string of the molecule is CCCCC(NC(=O)OCC1c2ccccc2-c2ccccc21)C(=O)Nc1cccc(C(=O)O)c1. The number of nitrogens with one attached hydrogen (secondary N) is 2. The van der Waals surface area contributed by atoms with Gasteiger partial charge in [0.25, 0.3) is 0 Å². The Bertz CT molecular complexity index is 1190. The lowest BCUT2D eigenvalue weighted by Gasteiger charge is -2.20. The van der Waals surface area contributed by atoms with Crippen LogP contribution in [0.4, 0.5) is 10.5 Å². The highest BCUT2D eigenvalue weighted by Gasteiger charge is 2.29. The van der Waals surface area contributed by atoms with Gasteiger partial charge in [0.1, 0.15) is 12.6 Å². The first-order chi connectivity index (χ1) is 17.0. The minimum absolute atomic E-state index is 0.0670. The van der Waals surface area contributed by atoms with Crippen molar-refractivity contribution < 1.29 is 24.2 Å². The second kappa shape index (κ2) is 10.9. The van der Waals surface area contributed by atoms with E-state index in [2.05, 4.69) is 22.8 Å². The Morgan fingerprint density at radius 3 is 2.23 bits per heavy atom. The van der Waals surface area contributed by atoms with Gasteiger partial charge in [-0.2, -0.15) is 0 Å². The van der Waals surface area contributed by atoms with Crippen LogP contribution in [0, 0.1) is 0 Å². The number of anilines is 1. The van der Waals surface area contributed by atoms with E-state index in [1.54, 1.807) is 12.1 Å². The molecule has 0 aliphatic heterocycles. The Morgan fingerprint density at radius 1 is 0.943 bits per heavy atom. The molecular weight excluding hydrogens is 444 g/mol. The largest absolute Gasteiger partial charge is 0.478 e. The highest BCUT2D eigenvalue weighted by molar-refractivity contribution is 5.98. The number of carbonyl (C=O) groups is 3. The maximum absolute atomic E-state index is 12.9. The number of carbonyl (C=O) groups excluding carboxylic acids is 2. The van der Waals surface area contributed by atoms with Gasteiger partial charge in [0, 0.05) is 11.6 Å². The molecule has 35 heavy (non-hydrogen) atoms. The lowest BCUT2D eigenvalue weighted by atomic mass is 9.98. The number of rotatable bonds is 9. The first-order valence-electron chi connectivity index (χ1n) is 11.7. The van der Waals surface area contributed by atoms with Crippen molar-refractivity contribution >= 4 is 23.7 Å². The van der Waals surface area contributed by atoms with Crippen LogP contribution in [0.25, 0.3) is 11.1 Å². The molecule has 0 radical (unpaired) electrons. The molecule has 3 N–H and O–H groups in total. The first-order valence-corrected chi connectivity index (χ1v) is 11.7. The van der Waals surface area contributed by atoms with Crippen LogP contribution in [0.1, 0.15) is 53.6 Å². The molecule has 0 fully saturated rings. The van der Waals surface area contributed by atoms with Gasteiger partial charge >= 0.3 is 12.1 Å². The molecule has 0 aromatic heterocycles. The van der Waals surface area contributed by atoms with E-state index in [-0.39, 0.29) is 18.1 Å². The van der Waals surface area contributed by atoms with Crippen molar-refractivity contribution in [2.45, 2.75) is 38.1 Å². The van der Waals surface area contributed by atoms with Crippen molar-refractivity contribution in [1.29, 1.82) is 0 Å². The monoisotopic (exact) mass is 472 g/mol. The van der Waals surface area contributed by atoms with Gasteiger partial charge in [-0.15, -0.1) is 0 Å². The summed E-state index contributed by atoms with van der Waals surface area (Å²) in [6.45, 7) is 2.15. The van der Waals surface area contributed by atoms with Gasteiger partial charge in [0.05, 0.1) is 5.56 Å². The Kier molecular flexibility index (Phi) is 7.45. The second-order valence-corrected chi connectivity index (χ2v) is 8.54. The fourth-order valence-corrected chi connectivity index (χ4v) is 4.42. The van der Waals surface area contributed by atoms with Gasteiger partial charge in [0.2, 0.25) is 5.91 Å². The molecule has 0 saturated heterocycles. The number of benzene rings is 3. The standard InChI is InChI=1S/C28H28N2O5/c1-2-3-15-25(26(31)29-19-10-8-9-18(16-19)27(32)33)30-28(34)35-17-24-22-13-6-4-11-20(22)21-12-5-7-14-23(21)24/h4-14,16,24-25H,2-3,15,17H2,1H3,(H,29,31)(H,30,34)(H,32,33). The molecule has 1 aliphatic rings. The molecule has 0 saturated carbocycles. The average Bonchev–Trinajstić information content (AvgIpc) is 3.19. The number of carboxylic acids is 1. The summed E-state index contributed by atoms with van der Waals surface area (Å²) in [5.41, 5.74) is 4.92. The summed E-state index contributed by atoms with van der Waals surface area (Å²) in [7, 11) is 0. The van der Waals surface area contributed by atoms with E-state index < -0.39 is 24.0 Å². The molecular formula is C28H28N2O5. The van der Waals surface area contributed by atoms with E-state index in [1.807, 2.05) is 43.3 Å². The average molecular weight is 473 g/mol. The Labute approximate surface area is 204 Å². The topological polar surface area (TPSA) is 105 Å². The quantitative estimate of drug-likeness (QED) is 0.386. The normalized spacial score (nSPS) is 12.8. The molecule has 1 aliphatic carbocycles. The number of unbranched alkanes of at least 4 members (excludes halogenated alkanes) is 1.